The number of aliphatic hydroxyl groups is 1. The van der Waals surface area contributed by atoms with E-state index in [1.807, 2.05) is 38.2 Å². The van der Waals surface area contributed by atoms with Gasteiger partial charge in [-0.05, 0) is 31.2 Å². The monoisotopic (exact) mass is 291 g/mol. The van der Waals surface area contributed by atoms with Crippen molar-refractivity contribution in [3.8, 4) is 11.6 Å². The fraction of sp³-hybridized carbons (Fsp3) is 0.400. The van der Waals surface area contributed by atoms with Gasteiger partial charge in [0.2, 0.25) is 5.88 Å². The summed E-state index contributed by atoms with van der Waals surface area (Å²) in [7, 11) is 5.04. The standard InChI is InChI=1S/C15H21N3O3/c1-10-14(15(21-4)18(2)17-10)13(9-19)16-11-5-7-12(20-3)8-6-11/h5-8,13,16,19H,9H2,1-4H3. The molecule has 0 fully saturated rings. The number of aryl methyl sites for hydroxylation is 2. The van der Waals surface area contributed by atoms with E-state index in [-0.39, 0.29) is 12.6 Å². The van der Waals surface area contributed by atoms with E-state index in [9.17, 15) is 5.11 Å². The molecule has 114 valence electrons. The van der Waals surface area contributed by atoms with E-state index in [2.05, 4.69) is 10.4 Å². The molecule has 2 aromatic rings. The summed E-state index contributed by atoms with van der Waals surface area (Å²) in [6.45, 7) is 1.84. The lowest BCUT2D eigenvalue weighted by Gasteiger charge is -2.19. The number of rotatable bonds is 6. The lowest BCUT2D eigenvalue weighted by atomic mass is 10.1. The molecule has 1 atom stereocenters. The van der Waals surface area contributed by atoms with Gasteiger partial charge in [0.1, 0.15) is 5.75 Å². The minimum atomic E-state index is -0.290. The summed E-state index contributed by atoms with van der Waals surface area (Å²) in [6, 6.07) is 7.25. The molecule has 1 heterocycles. The molecule has 1 aromatic carbocycles. The summed E-state index contributed by atoms with van der Waals surface area (Å²) < 4.78 is 12.2. The Bertz CT molecular complexity index is 593. The highest BCUT2D eigenvalue weighted by Crippen LogP contribution is 2.30. The molecule has 0 saturated carbocycles. The van der Waals surface area contributed by atoms with E-state index in [1.54, 1.807) is 18.9 Å². The summed E-state index contributed by atoms with van der Waals surface area (Å²) in [5, 5.41) is 17.3. The molecule has 1 aromatic heterocycles. The fourth-order valence-electron chi connectivity index (χ4n) is 2.39. The first-order chi connectivity index (χ1) is 10.1. The Morgan fingerprint density at radius 3 is 2.43 bits per heavy atom. The van der Waals surface area contributed by atoms with Crippen LogP contribution in [0, 0.1) is 6.92 Å². The van der Waals surface area contributed by atoms with Crippen LogP contribution in [0.5, 0.6) is 11.6 Å². The summed E-state index contributed by atoms with van der Waals surface area (Å²) in [4.78, 5) is 0. The minimum absolute atomic E-state index is 0.0606. The number of methoxy groups -OCH3 is 2. The molecule has 0 saturated heterocycles. The molecule has 0 amide bonds. The predicted molar refractivity (Wildman–Crippen MR) is 80.9 cm³/mol. The number of aromatic nitrogens is 2. The van der Waals surface area contributed by atoms with Crippen molar-refractivity contribution in [1.29, 1.82) is 0 Å². The van der Waals surface area contributed by atoms with Crippen molar-refractivity contribution in [2.24, 2.45) is 7.05 Å². The summed E-state index contributed by atoms with van der Waals surface area (Å²) in [5.74, 6) is 1.43. The fourth-order valence-corrected chi connectivity index (χ4v) is 2.39. The van der Waals surface area contributed by atoms with Gasteiger partial charge < -0.3 is 19.9 Å². The summed E-state index contributed by atoms with van der Waals surface area (Å²) in [6.07, 6.45) is 0. The Hall–Kier alpha value is -2.21. The van der Waals surface area contributed by atoms with Crippen molar-refractivity contribution in [2.75, 3.05) is 26.1 Å². The smallest absolute Gasteiger partial charge is 0.216 e. The number of benzene rings is 1. The van der Waals surface area contributed by atoms with Crippen molar-refractivity contribution in [3.05, 3.63) is 35.5 Å². The van der Waals surface area contributed by atoms with E-state index in [4.69, 9.17) is 9.47 Å². The third-order valence-corrected chi connectivity index (χ3v) is 3.37. The van der Waals surface area contributed by atoms with Crippen molar-refractivity contribution in [1.82, 2.24) is 9.78 Å². The van der Waals surface area contributed by atoms with Crippen LogP contribution in [0.4, 0.5) is 5.69 Å². The molecule has 0 bridgehead atoms. The maximum Gasteiger partial charge on any atom is 0.216 e. The van der Waals surface area contributed by atoms with Crippen LogP contribution in [0.1, 0.15) is 17.3 Å². The van der Waals surface area contributed by atoms with Crippen molar-refractivity contribution in [3.63, 3.8) is 0 Å². The van der Waals surface area contributed by atoms with Gasteiger partial charge in [0.25, 0.3) is 0 Å². The first-order valence-electron chi connectivity index (χ1n) is 6.69. The molecule has 0 spiro atoms. The molecule has 0 aliphatic carbocycles. The molecule has 21 heavy (non-hydrogen) atoms. The van der Waals surface area contributed by atoms with E-state index in [1.165, 1.54) is 0 Å². The number of anilines is 1. The Balaban J connectivity index is 2.27. The second-order valence-electron chi connectivity index (χ2n) is 4.74. The number of nitrogens with one attached hydrogen (secondary N) is 1. The zero-order valence-corrected chi connectivity index (χ0v) is 12.8. The highest BCUT2D eigenvalue weighted by Gasteiger charge is 2.22. The number of aliphatic hydroxyl groups excluding tert-OH is 1. The molecule has 1 unspecified atom stereocenters. The maximum absolute atomic E-state index is 9.72. The number of ether oxygens (including phenoxy) is 2. The van der Waals surface area contributed by atoms with Crippen LogP contribution in [0.15, 0.2) is 24.3 Å². The van der Waals surface area contributed by atoms with Crippen LogP contribution in [0.2, 0.25) is 0 Å². The number of hydrogen-bond donors (Lipinski definition) is 2. The zero-order chi connectivity index (χ0) is 15.4. The SMILES string of the molecule is COc1ccc(NC(CO)c2c(C)nn(C)c2OC)cc1. The molecule has 6 heteroatoms. The Labute approximate surface area is 124 Å². The highest BCUT2D eigenvalue weighted by atomic mass is 16.5. The molecule has 2 N–H and O–H groups in total. The summed E-state index contributed by atoms with van der Waals surface area (Å²) >= 11 is 0. The minimum Gasteiger partial charge on any atom is -0.497 e. The predicted octanol–water partition coefficient (Wildman–Crippen LogP) is 1.89. The van der Waals surface area contributed by atoms with Gasteiger partial charge >= 0.3 is 0 Å². The van der Waals surface area contributed by atoms with Gasteiger partial charge in [-0.1, -0.05) is 0 Å². The molecule has 6 nitrogen and oxygen atoms in total. The first kappa shape index (κ1) is 15.2. The van der Waals surface area contributed by atoms with Crippen LogP contribution in [0.3, 0.4) is 0 Å². The Morgan fingerprint density at radius 1 is 1.24 bits per heavy atom. The van der Waals surface area contributed by atoms with Gasteiger partial charge in [0.15, 0.2) is 0 Å². The highest BCUT2D eigenvalue weighted by molar-refractivity contribution is 5.50. The van der Waals surface area contributed by atoms with Crippen molar-refractivity contribution >= 4 is 5.69 Å². The lowest BCUT2D eigenvalue weighted by molar-refractivity contribution is 0.271. The summed E-state index contributed by atoms with van der Waals surface area (Å²) in [5.41, 5.74) is 2.58. The van der Waals surface area contributed by atoms with Crippen LogP contribution >= 0.6 is 0 Å². The second-order valence-corrected chi connectivity index (χ2v) is 4.74. The largest absolute Gasteiger partial charge is 0.497 e. The average Bonchev–Trinajstić information content (AvgIpc) is 2.79. The van der Waals surface area contributed by atoms with Gasteiger partial charge in [-0.15, -0.1) is 0 Å². The van der Waals surface area contributed by atoms with E-state index in [0.29, 0.717) is 5.88 Å². The third-order valence-electron chi connectivity index (χ3n) is 3.37. The van der Waals surface area contributed by atoms with Crippen LogP contribution in [-0.2, 0) is 7.05 Å². The average molecular weight is 291 g/mol. The van der Waals surface area contributed by atoms with Gasteiger partial charge in [0, 0.05) is 12.7 Å². The lowest BCUT2D eigenvalue weighted by Crippen LogP contribution is -2.16. The Morgan fingerprint density at radius 2 is 1.90 bits per heavy atom. The molecular weight excluding hydrogens is 270 g/mol. The maximum atomic E-state index is 9.72. The number of hydrogen-bond acceptors (Lipinski definition) is 5. The first-order valence-corrected chi connectivity index (χ1v) is 6.69. The second kappa shape index (κ2) is 6.49. The van der Waals surface area contributed by atoms with Gasteiger partial charge in [-0.2, -0.15) is 5.10 Å². The van der Waals surface area contributed by atoms with E-state index in [0.717, 1.165) is 22.7 Å². The van der Waals surface area contributed by atoms with Crippen LogP contribution < -0.4 is 14.8 Å². The van der Waals surface area contributed by atoms with Crippen LogP contribution in [0.25, 0.3) is 0 Å². The Kier molecular flexibility index (Phi) is 4.70. The van der Waals surface area contributed by atoms with Crippen molar-refractivity contribution < 1.29 is 14.6 Å². The quantitative estimate of drug-likeness (QED) is 0.850. The molecule has 0 radical (unpaired) electrons. The molecule has 2 rings (SSSR count). The molecule has 0 aliphatic rings. The van der Waals surface area contributed by atoms with Gasteiger partial charge in [0.05, 0.1) is 38.1 Å². The molecular formula is C15H21N3O3. The number of nitrogens with zero attached hydrogens (tertiary/aromatic N) is 2. The zero-order valence-electron chi connectivity index (χ0n) is 12.8. The van der Waals surface area contributed by atoms with E-state index < -0.39 is 0 Å². The third kappa shape index (κ3) is 3.11. The van der Waals surface area contributed by atoms with Crippen LogP contribution in [-0.4, -0.2) is 35.7 Å². The molecule has 0 aliphatic heterocycles. The van der Waals surface area contributed by atoms with E-state index >= 15 is 0 Å². The van der Waals surface area contributed by atoms with Crippen molar-refractivity contribution in [2.45, 2.75) is 13.0 Å². The topological polar surface area (TPSA) is 68.5 Å². The normalized spacial score (nSPS) is 12.0. The van der Waals surface area contributed by atoms with Gasteiger partial charge in [-0.25, -0.2) is 4.68 Å². The van der Waals surface area contributed by atoms with Gasteiger partial charge in [-0.3, -0.25) is 0 Å².